The van der Waals surface area contributed by atoms with E-state index < -0.39 is 11.6 Å². The van der Waals surface area contributed by atoms with Crippen LogP contribution in [-0.4, -0.2) is 10.6 Å². The van der Waals surface area contributed by atoms with E-state index in [-0.39, 0.29) is 0 Å². The molecule has 1 aromatic carbocycles. The van der Waals surface area contributed by atoms with Crippen LogP contribution in [0.5, 0.6) is 0 Å². The van der Waals surface area contributed by atoms with E-state index in [0.29, 0.717) is 0 Å². The summed E-state index contributed by atoms with van der Waals surface area (Å²) >= 11 is 0. The summed E-state index contributed by atoms with van der Waals surface area (Å²) in [5.74, 6) is 0. The number of benzene rings is 1. The summed E-state index contributed by atoms with van der Waals surface area (Å²) in [4.78, 5) is 0. The van der Waals surface area contributed by atoms with Gasteiger partial charge in [-0.15, -0.1) is 0 Å². The summed E-state index contributed by atoms with van der Waals surface area (Å²) < 4.78 is 0. The zero-order valence-electron chi connectivity index (χ0n) is 7.49. The number of hydrogen-bond acceptors (Lipinski definition) is 2. The number of aliphatic hydroxyl groups is 1. The Balaban J connectivity index is 2.86. The minimum atomic E-state index is -0.598. The van der Waals surface area contributed by atoms with Gasteiger partial charge in [-0.25, -0.2) is 0 Å². The minimum Gasteiger partial charge on any atom is -0.387 e. The van der Waals surface area contributed by atoms with Gasteiger partial charge in [0, 0.05) is 5.54 Å². The van der Waals surface area contributed by atoms with Crippen LogP contribution in [-0.2, 0) is 0 Å². The molecule has 1 rings (SSSR count). The molecule has 1 atom stereocenters. The SMILES string of the molecule is CC(C)(N)[C@@H](O)c1ccccc1. The van der Waals surface area contributed by atoms with Gasteiger partial charge in [0.05, 0.1) is 6.10 Å². The van der Waals surface area contributed by atoms with Crippen LogP contribution in [0.4, 0.5) is 0 Å². The normalized spacial score (nSPS) is 14.3. The lowest BCUT2D eigenvalue weighted by Gasteiger charge is -2.25. The third kappa shape index (κ3) is 2.06. The van der Waals surface area contributed by atoms with E-state index in [0.717, 1.165) is 5.56 Å². The number of nitrogens with two attached hydrogens (primary N) is 1. The third-order valence-corrected chi connectivity index (χ3v) is 1.82. The van der Waals surface area contributed by atoms with Crippen molar-refractivity contribution >= 4 is 0 Å². The van der Waals surface area contributed by atoms with Crippen molar-refractivity contribution in [1.29, 1.82) is 0 Å². The second kappa shape index (κ2) is 3.25. The van der Waals surface area contributed by atoms with Crippen molar-refractivity contribution in [2.45, 2.75) is 25.5 Å². The maximum atomic E-state index is 9.73. The number of hydrogen-bond donors (Lipinski definition) is 2. The molecular weight excluding hydrogens is 150 g/mol. The van der Waals surface area contributed by atoms with Gasteiger partial charge in [0.2, 0.25) is 0 Å². The van der Waals surface area contributed by atoms with Crippen LogP contribution in [0.15, 0.2) is 30.3 Å². The fraction of sp³-hybridized carbons (Fsp3) is 0.400. The van der Waals surface area contributed by atoms with Gasteiger partial charge in [0.15, 0.2) is 0 Å². The standard InChI is InChI=1S/C10H15NO/c1-10(2,11)9(12)8-6-4-3-5-7-8/h3-7,9,12H,11H2,1-2H3/t9-/m0/s1. The highest BCUT2D eigenvalue weighted by Gasteiger charge is 2.23. The van der Waals surface area contributed by atoms with Crippen molar-refractivity contribution in [2.75, 3.05) is 0 Å². The third-order valence-electron chi connectivity index (χ3n) is 1.82. The summed E-state index contributed by atoms with van der Waals surface area (Å²) in [5.41, 5.74) is 6.04. The molecule has 0 fully saturated rings. The Hall–Kier alpha value is -0.860. The zero-order chi connectivity index (χ0) is 9.19. The van der Waals surface area contributed by atoms with Gasteiger partial charge in [0.25, 0.3) is 0 Å². The lowest BCUT2D eigenvalue weighted by Crippen LogP contribution is -2.39. The molecule has 2 heteroatoms. The number of rotatable bonds is 2. The van der Waals surface area contributed by atoms with Gasteiger partial charge >= 0.3 is 0 Å². The maximum absolute atomic E-state index is 9.73. The van der Waals surface area contributed by atoms with E-state index in [2.05, 4.69) is 0 Å². The average Bonchev–Trinajstić information content (AvgIpc) is 2.03. The van der Waals surface area contributed by atoms with E-state index in [4.69, 9.17) is 5.73 Å². The molecule has 12 heavy (non-hydrogen) atoms. The molecule has 0 unspecified atom stereocenters. The zero-order valence-corrected chi connectivity index (χ0v) is 7.49. The maximum Gasteiger partial charge on any atom is 0.0963 e. The Morgan fingerprint density at radius 1 is 1.25 bits per heavy atom. The van der Waals surface area contributed by atoms with E-state index in [1.807, 2.05) is 44.2 Å². The van der Waals surface area contributed by atoms with Gasteiger partial charge < -0.3 is 10.8 Å². The first-order chi connectivity index (χ1) is 5.52. The van der Waals surface area contributed by atoms with Gasteiger partial charge in [-0.05, 0) is 19.4 Å². The Morgan fingerprint density at radius 3 is 2.17 bits per heavy atom. The Bertz CT molecular complexity index is 238. The molecule has 0 spiro atoms. The molecule has 0 saturated heterocycles. The summed E-state index contributed by atoms with van der Waals surface area (Å²) in [6.07, 6.45) is -0.598. The summed E-state index contributed by atoms with van der Waals surface area (Å²) in [6.45, 7) is 3.62. The summed E-state index contributed by atoms with van der Waals surface area (Å²) in [7, 11) is 0. The lowest BCUT2D eigenvalue weighted by atomic mass is 9.93. The molecule has 0 aromatic heterocycles. The van der Waals surface area contributed by atoms with Crippen molar-refractivity contribution in [2.24, 2.45) is 5.73 Å². The van der Waals surface area contributed by atoms with Crippen molar-refractivity contribution in [1.82, 2.24) is 0 Å². The predicted molar refractivity (Wildman–Crippen MR) is 49.7 cm³/mol. The molecule has 0 aliphatic heterocycles. The van der Waals surface area contributed by atoms with Crippen molar-refractivity contribution in [3.8, 4) is 0 Å². The first-order valence-corrected chi connectivity index (χ1v) is 4.03. The quantitative estimate of drug-likeness (QED) is 0.696. The summed E-state index contributed by atoms with van der Waals surface area (Å²) in [5, 5.41) is 9.73. The molecule has 0 heterocycles. The fourth-order valence-electron chi connectivity index (χ4n) is 1.06. The van der Waals surface area contributed by atoms with Crippen LogP contribution < -0.4 is 5.73 Å². The van der Waals surface area contributed by atoms with Crippen LogP contribution in [0.1, 0.15) is 25.5 Å². The molecule has 0 aliphatic carbocycles. The van der Waals surface area contributed by atoms with Gasteiger partial charge in [-0.1, -0.05) is 30.3 Å². The molecule has 1 aromatic rings. The second-order valence-electron chi connectivity index (χ2n) is 3.63. The molecular formula is C10H15NO. The van der Waals surface area contributed by atoms with Crippen LogP contribution >= 0.6 is 0 Å². The van der Waals surface area contributed by atoms with E-state index in [1.165, 1.54) is 0 Å². The fourth-order valence-corrected chi connectivity index (χ4v) is 1.06. The van der Waals surface area contributed by atoms with Gasteiger partial charge in [-0.2, -0.15) is 0 Å². The molecule has 0 bridgehead atoms. The van der Waals surface area contributed by atoms with E-state index >= 15 is 0 Å². The van der Waals surface area contributed by atoms with Crippen molar-refractivity contribution < 1.29 is 5.11 Å². The number of aliphatic hydroxyl groups excluding tert-OH is 1. The lowest BCUT2D eigenvalue weighted by molar-refractivity contribution is 0.104. The Kier molecular flexibility index (Phi) is 2.50. The highest BCUT2D eigenvalue weighted by atomic mass is 16.3. The Labute approximate surface area is 73.0 Å². The van der Waals surface area contributed by atoms with Crippen molar-refractivity contribution in [3.63, 3.8) is 0 Å². The largest absolute Gasteiger partial charge is 0.387 e. The second-order valence-corrected chi connectivity index (χ2v) is 3.63. The van der Waals surface area contributed by atoms with Crippen LogP contribution in [0.25, 0.3) is 0 Å². The average molecular weight is 165 g/mol. The first kappa shape index (κ1) is 9.23. The molecule has 0 amide bonds. The van der Waals surface area contributed by atoms with Crippen LogP contribution in [0, 0.1) is 0 Å². The first-order valence-electron chi connectivity index (χ1n) is 4.03. The van der Waals surface area contributed by atoms with Gasteiger partial charge in [-0.3, -0.25) is 0 Å². The molecule has 66 valence electrons. The molecule has 0 saturated carbocycles. The molecule has 3 N–H and O–H groups in total. The van der Waals surface area contributed by atoms with Crippen LogP contribution in [0.3, 0.4) is 0 Å². The monoisotopic (exact) mass is 165 g/mol. The van der Waals surface area contributed by atoms with Crippen LogP contribution in [0.2, 0.25) is 0 Å². The highest BCUT2D eigenvalue weighted by molar-refractivity contribution is 5.20. The topological polar surface area (TPSA) is 46.2 Å². The van der Waals surface area contributed by atoms with Crippen molar-refractivity contribution in [3.05, 3.63) is 35.9 Å². The predicted octanol–water partition coefficient (Wildman–Crippen LogP) is 1.46. The summed E-state index contributed by atoms with van der Waals surface area (Å²) in [6, 6.07) is 9.45. The molecule has 2 nitrogen and oxygen atoms in total. The van der Waals surface area contributed by atoms with E-state index in [1.54, 1.807) is 0 Å². The smallest absolute Gasteiger partial charge is 0.0963 e. The minimum absolute atomic E-state index is 0.582. The van der Waals surface area contributed by atoms with E-state index in [9.17, 15) is 5.11 Å². The highest BCUT2D eigenvalue weighted by Crippen LogP contribution is 2.22. The Morgan fingerprint density at radius 2 is 1.75 bits per heavy atom. The van der Waals surface area contributed by atoms with Gasteiger partial charge in [0.1, 0.15) is 0 Å². The molecule has 0 aliphatic rings. The molecule has 0 radical (unpaired) electrons.